The summed E-state index contributed by atoms with van der Waals surface area (Å²) in [4.78, 5) is 22.5. The summed E-state index contributed by atoms with van der Waals surface area (Å²) in [5, 5.41) is 11.2. The fourth-order valence-electron chi connectivity index (χ4n) is 2.01. The van der Waals surface area contributed by atoms with E-state index in [0.29, 0.717) is 0 Å². The number of benzene rings is 1. The lowest BCUT2D eigenvalue weighted by Crippen LogP contribution is -2.35. The maximum absolute atomic E-state index is 12.1. The van der Waals surface area contributed by atoms with Crippen molar-refractivity contribution in [2.24, 2.45) is 0 Å². The quantitative estimate of drug-likeness (QED) is 0.875. The van der Waals surface area contributed by atoms with Gasteiger partial charge in [0.15, 0.2) is 0 Å². The van der Waals surface area contributed by atoms with E-state index in [1.54, 1.807) is 0 Å². The van der Waals surface area contributed by atoms with Crippen molar-refractivity contribution in [2.75, 3.05) is 6.54 Å². The van der Waals surface area contributed by atoms with Gasteiger partial charge in [-0.2, -0.15) is 0 Å². The first kappa shape index (κ1) is 13.1. The Balaban J connectivity index is 2.03. The van der Waals surface area contributed by atoms with Crippen molar-refractivity contribution in [1.29, 1.82) is 0 Å². The maximum atomic E-state index is 12.1. The van der Waals surface area contributed by atoms with Crippen LogP contribution in [0.15, 0.2) is 28.7 Å². The molecule has 4 nitrogen and oxygen atoms in total. The molecular weight excluding hydrogens is 298 g/mol. The third-order valence-electron chi connectivity index (χ3n) is 3.19. The number of carbonyl (C=O) groups excluding carboxylic acids is 1. The molecule has 1 saturated carbocycles. The van der Waals surface area contributed by atoms with E-state index < -0.39 is 11.4 Å². The average Bonchev–Trinajstić information content (AvgIpc) is 3.09. The highest BCUT2D eigenvalue weighted by Gasteiger charge is 2.51. The van der Waals surface area contributed by atoms with Gasteiger partial charge in [0.25, 0.3) is 0 Å². The standard InChI is InChI=1S/C13H14BrNO3/c14-10-3-1-2-9(8-10)13(5-6-13)12(18)15-7-4-11(16)17/h1-3,8H,4-7H2,(H,15,18)(H,16,17). The Morgan fingerprint density at radius 2 is 2.11 bits per heavy atom. The molecule has 1 aliphatic carbocycles. The first-order valence-corrected chi connectivity index (χ1v) is 6.60. The molecule has 1 aliphatic rings. The Hall–Kier alpha value is -1.36. The molecule has 0 saturated heterocycles. The fraction of sp³-hybridized carbons (Fsp3) is 0.385. The molecular formula is C13H14BrNO3. The summed E-state index contributed by atoms with van der Waals surface area (Å²) in [6.07, 6.45) is 1.60. The smallest absolute Gasteiger partial charge is 0.305 e. The number of halogens is 1. The van der Waals surface area contributed by atoms with Crippen molar-refractivity contribution in [1.82, 2.24) is 5.32 Å². The Kier molecular flexibility index (Phi) is 3.71. The van der Waals surface area contributed by atoms with Crippen LogP contribution < -0.4 is 5.32 Å². The fourth-order valence-corrected chi connectivity index (χ4v) is 2.41. The van der Waals surface area contributed by atoms with Crippen LogP contribution in [0.3, 0.4) is 0 Å². The molecule has 1 aromatic carbocycles. The second-order valence-electron chi connectivity index (χ2n) is 4.49. The van der Waals surface area contributed by atoms with E-state index in [4.69, 9.17) is 5.11 Å². The number of carbonyl (C=O) groups is 2. The predicted molar refractivity (Wildman–Crippen MR) is 70.3 cm³/mol. The minimum absolute atomic E-state index is 0.0414. The minimum atomic E-state index is -0.900. The molecule has 0 aromatic heterocycles. The summed E-state index contributed by atoms with van der Waals surface area (Å²) in [6, 6.07) is 7.71. The number of nitrogens with one attached hydrogen (secondary N) is 1. The second kappa shape index (κ2) is 5.10. The number of rotatable bonds is 5. The number of hydrogen-bond donors (Lipinski definition) is 2. The molecule has 0 unspecified atom stereocenters. The number of carboxylic acid groups (broad SMARTS) is 1. The first-order chi connectivity index (χ1) is 8.54. The van der Waals surface area contributed by atoms with Gasteiger partial charge in [-0.3, -0.25) is 9.59 Å². The molecule has 5 heteroatoms. The van der Waals surface area contributed by atoms with Gasteiger partial charge in [-0.15, -0.1) is 0 Å². The zero-order chi connectivity index (χ0) is 13.2. The molecule has 0 spiro atoms. The van der Waals surface area contributed by atoms with E-state index in [0.717, 1.165) is 22.9 Å². The number of amides is 1. The highest BCUT2D eigenvalue weighted by molar-refractivity contribution is 9.10. The van der Waals surface area contributed by atoms with Crippen molar-refractivity contribution in [2.45, 2.75) is 24.7 Å². The van der Waals surface area contributed by atoms with Crippen molar-refractivity contribution in [3.63, 3.8) is 0 Å². The monoisotopic (exact) mass is 311 g/mol. The Labute approximate surface area is 114 Å². The van der Waals surface area contributed by atoms with Gasteiger partial charge in [0.2, 0.25) is 5.91 Å². The van der Waals surface area contributed by atoms with Crippen molar-refractivity contribution < 1.29 is 14.7 Å². The van der Waals surface area contributed by atoms with Crippen LogP contribution in [0.5, 0.6) is 0 Å². The van der Waals surface area contributed by atoms with Crippen LogP contribution in [0, 0.1) is 0 Å². The molecule has 1 aromatic rings. The van der Waals surface area contributed by atoms with Gasteiger partial charge in [-0.05, 0) is 30.5 Å². The molecule has 1 amide bonds. The summed E-state index contributed by atoms with van der Waals surface area (Å²) in [5.41, 5.74) is 0.548. The van der Waals surface area contributed by atoms with E-state index in [1.807, 2.05) is 24.3 Å². The minimum Gasteiger partial charge on any atom is -0.481 e. The van der Waals surface area contributed by atoms with Crippen LogP contribution in [0.4, 0.5) is 0 Å². The Morgan fingerprint density at radius 1 is 1.39 bits per heavy atom. The van der Waals surface area contributed by atoms with Crippen LogP contribution in [0.25, 0.3) is 0 Å². The van der Waals surface area contributed by atoms with Gasteiger partial charge in [0.05, 0.1) is 11.8 Å². The molecule has 0 atom stereocenters. The lowest BCUT2D eigenvalue weighted by Gasteiger charge is -2.15. The summed E-state index contributed by atoms with van der Waals surface area (Å²) in [6.45, 7) is 0.184. The van der Waals surface area contributed by atoms with Crippen LogP contribution in [-0.4, -0.2) is 23.5 Å². The van der Waals surface area contributed by atoms with Crippen LogP contribution in [-0.2, 0) is 15.0 Å². The highest BCUT2D eigenvalue weighted by atomic mass is 79.9. The molecule has 0 heterocycles. The van der Waals surface area contributed by atoms with Gasteiger partial charge in [-0.25, -0.2) is 0 Å². The predicted octanol–water partition coefficient (Wildman–Crippen LogP) is 2.07. The zero-order valence-corrected chi connectivity index (χ0v) is 11.4. The van der Waals surface area contributed by atoms with Crippen LogP contribution in [0.1, 0.15) is 24.8 Å². The molecule has 1 fully saturated rings. The number of hydrogen-bond acceptors (Lipinski definition) is 2. The molecule has 2 rings (SSSR count). The van der Waals surface area contributed by atoms with E-state index in [2.05, 4.69) is 21.2 Å². The first-order valence-electron chi connectivity index (χ1n) is 5.81. The van der Waals surface area contributed by atoms with E-state index in [9.17, 15) is 9.59 Å². The second-order valence-corrected chi connectivity index (χ2v) is 5.41. The van der Waals surface area contributed by atoms with Gasteiger partial charge in [0, 0.05) is 11.0 Å². The van der Waals surface area contributed by atoms with Crippen LogP contribution >= 0.6 is 15.9 Å². The molecule has 2 N–H and O–H groups in total. The van der Waals surface area contributed by atoms with Gasteiger partial charge in [0.1, 0.15) is 0 Å². The number of aliphatic carboxylic acids is 1. The normalized spacial score (nSPS) is 16.1. The van der Waals surface area contributed by atoms with Crippen molar-refractivity contribution >= 4 is 27.8 Å². The Bertz CT molecular complexity index is 483. The number of carboxylic acids is 1. The van der Waals surface area contributed by atoms with Gasteiger partial charge < -0.3 is 10.4 Å². The van der Waals surface area contributed by atoms with Gasteiger partial charge >= 0.3 is 5.97 Å². The Morgan fingerprint density at radius 3 is 2.67 bits per heavy atom. The summed E-state index contributed by atoms with van der Waals surface area (Å²) >= 11 is 3.39. The lowest BCUT2D eigenvalue weighted by atomic mass is 9.95. The topological polar surface area (TPSA) is 66.4 Å². The SMILES string of the molecule is O=C(O)CCNC(=O)C1(c2cccc(Br)c2)CC1. The van der Waals surface area contributed by atoms with Crippen molar-refractivity contribution in [3.8, 4) is 0 Å². The zero-order valence-electron chi connectivity index (χ0n) is 9.78. The summed E-state index contributed by atoms with van der Waals surface area (Å²) in [5.74, 6) is -0.968. The van der Waals surface area contributed by atoms with E-state index in [-0.39, 0.29) is 18.9 Å². The third kappa shape index (κ3) is 2.72. The summed E-state index contributed by atoms with van der Waals surface area (Å²) in [7, 11) is 0. The molecule has 96 valence electrons. The molecule has 0 bridgehead atoms. The largest absolute Gasteiger partial charge is 0.481 e. The molecule has 0 radical (unpaired) electrons. The van der Waals surface area contributed by atoms with Crippen molar-refractivity contribution in [3.05, 3.63) is 34.3 Å². The average molecular weight is 312 g/mol. The molecule has 18 heavy (non-hydrogen) atoms. The lowest BCUT2D eigenvalue weighted by molar-refractivity contribution is -0.137. The molecule has 0 aliphatic heterocycles. The van der Waals surface area contributed by atoms with E-state index >= 15 is 0 Å². The third-order valence-corrected chi connectivity index (χ3v) is 3.68. The van der Waals surface area contributed by atoms with Crippen LogP contribution in [0.2, 0.25) is 0 Å². The maximum Gasteiger partial charge on any atom is 0.305 e. The highest BCUT2D eigenvalue weighted by Crippen LogP contribution is 2.48. The summed E-state index contributed by atoms with van der Waals surface area (Å²) < 4.78 is 0.949. The van der Waals surface area contributed by atoms with Gasteiger partial charge in [-0.1, -0.05) is 28.1 Å². The van der Waals surface area contributed by atoms with E-state index in [1.165, 1.54) is 0 Å².